The van der Waals surface area contributed by atoms with Crippen LogP contribution in [0.3, 0.4) is 0 Å². The van der Waals surface area contributed by atoms with E-state index in [4.69, 9.17) is 15.2 Å². The number of methoxy groups -OCH3 is 2. The number of carboxylic acid groups (broad SMARTS) is 1. The van der Waals surface area contributed by atoms with E-state index in [0.717, 1.165) is 19.1 Å². The molecule has 1 unspecified atom stereocenters. The van der Waals surface area contributed by atoms with E-state index in [-0.39, 0.29) is 33.9 Å². The van der Waals surface area contributed by atoms with Crippen LogP contribution in [0.4, 0.5) is 5.69 Å². The monoisotopic (exact) mass is 511 g/mol. The molecule has 1 aliphatic rings. The molecule has 0 saturated heterocycles. The standard InChI is InChI=1S/C23H18BrN3O6/c1-32-22(30)18-17(12-6-4-3-5-7-12)15(11-25)20(26)27(19(18)23(31)33-2)16-10-13(24)8-9-14(16)21(28)29/h3-10,17H,26H2,1-2H3,(H,28,29). The molecular weight excluding hydrogens is 494 g/mol. The zero-order valence-corrected chi connectivity index (χ0v) is 19.1. The third kappa shape index (κ3) is 4.18. The number of hydrogen-bond donors (Lipinski definition) is 2. The average Bonchev–Trinajstić information content (AvgIpc) is 2.82. The van der Waals surface area contributed by atoms with Gasteiger partial charge in [0.25, 0.3) is 0 Å². The highest BCUT2D eigenvalue weighted by Crippen LogP contribution is 2.44. The summed E-state index contributed by atoms with van der Waals surface area (Å²) >= 11 is 3.28. The maximum atomic E-state index is 13.0. The number of benzene rings is 2. The van der Waals surface area contributed by atoms with Gasteiger partial charge >= 0.3 is 17.9 Å². The first-order valence-electron chi connectivity index (χ1n) is 9.45. The van der Waals surface area contributed by atoms with Crippen LogP contribution in [0, 0.1) is 11.3 Å². The summed E-state index contributed by atoms with van der Waals surface area (Å²) in [5.74, 6) is -4.44. The molecule has 0 radical (unpaired) electrons. The van der Waals surface area contributed by atoms with Crippen molar-refractivity contribution < 1.29 is 29.0 Å². The van der Waals surface area contributed by atoms with E-state index in [9.17, 15) is 24.8 Å². The van der Waals surface area contributed by atoms with Gasteiger partial charge in [0.05, 0.1) is 48.6 Å². The molecule has 3 rings (SSSR count). The van der Waals surface area contributed by atoms with Gasteiger partial charge in [0, 0.05) is 4.47 Å². The second-order valence-corrected chi connectivity index (χ2v) is 7.72. The number of hydrogen-bond acceptors (Lipinski definition) is 8. The molecule has 9 nitrogen and oxygen atoms in total. The first-order valence-corrected chi connectivity index (χ1v) is 10.2. The maximum absolute atomic E-state index is 13.0. The Kier molecular flexibility index (Phi) is 6.84. The highest BCUT2D eigenvalue weighted by molar-refractivity contribution is 9.10. The average molecular weight is 512 g/mol. The van der Waals surface area contributed by atoms with Crippen molar-refractivity contribution in [2.24, 2.45) is 5.73 Å². The zero-order chi connectivity index (χ0) is 24.3. The van der Waals surface area contributed by atoms with Crippen molar-refractivity contribution in [3.63, 3.8) is 0 Å². The van der Waals surface area contributed by atoms with Crippen molar-refractivity contribution in [1.29, 1.82) is 5.26 Å². The van der Waals surface area contributed by atoms with Gasteiger partial charge in [-0.25, -0.2) is 14.4 Å². The van der Waals surface area contributed by atoms with Crippen molar-refractivity contribution in [1.82, 2.24) is 0 Å². The number of carboxylic acids is 1. The molecule has 0 aromatic heterocycles. The molecule has 1 atom stereocenters. The lowest BCUT2D eigenvalue weighted by Gasteiger charge is -2.36. The predicted octanol–water partition coefficient (Wildman–Crippen LogP) is 3.05. The highest BCUT2D eigenvalue weighted by atomic mass is 79.9. The van der Waals surface area contributed by atoms with E-state index in [1.807, 2.05) is 6.07 Å². The number of anilines is 1. The van der Waals surface area contributed by atoms with Crippen LogP contribution in [-0.4, -0.2) is 37.2 Å². The van der Waals surface area contributed by atoms with Crippen molar-refractivity contribution >= 4 is 39.5 Å². The largest absolute Gasteiger partial charge is 0.478 e. The molecule has 2 aromatic carbocycles. The van der Waals surface area contributed by atoms with Gasteiger partial charge < -0.3 is 20.3 Å². The topological polar surface area (TPSA) is 143 Å². The Morgan fingerprint density at radius 2 is 1.73 bits per heavy atom. The van der Waals surface area contributed by atoms with Crippen LogP contribution in [0.2, 0.25) is 0 Å². The molecule has 0 saturated carbocycles. The Morgan fingerprint density at radius 1 is 1.09 bits per heavy atom. The summed E-state index contributed by atoms with van der Waals surface area (Å²) in [7, 11) is 2.24. The van der Waals surface area contributed by atoms with Crippen LogP contribution in [0.15, 0.2) is 75.7 Å². The molecule has 2 aromatic rings. The SMILES string of the molecule is COC(=O)C1=C(C(=O)OC)N(c2cc(Br)ccc2C(=O)O)C(N)=C(C#N)C1c1ccccc1. The first kappa shape index (κ1) is 23.6. The van der Waals surface area contributed by atoms with E-state index < -0.39 is 23.8 Å². The van der Waals surface area contributed by atoms with Crippen molar-refractivity contribution in [2.45, 2.75) is 5.92 Å². The van der Waals surface area contributed by atoms with E-state index in [1.54, 1.807) is 30.3 Å². The Morgan fingerprint density at radius 3 is 2.27 bits per heavy atom. The molecule has 0 bridgehead atoms. The quantitative estimate of drug-likeness (QED) is 0.578. The minimum absolute atomic E-state index is 0.0459. The Bertz CT molecular complexity index is 1250. The molecule has 1 heterocycles. The lowest BCUT2D eigenvalue weighted by atomic mass is 9.80. The molecular formula is C23H18BrN3O6. The molecule has 3 N–H and O–H groups in total. The lowest BCUT2D eigenvalue weighted by Crippen LogP contribution is -2.41. The number of allylic oxidation sites excluding steroid dienone is 1. The van der Waals surface area contributed by atoms with Crippen LogP contribution < -0.4 is 10.6 Å². The van der Waals surface area contributed by atoms with Gasteiger partial charge in [0.1, 0.15) is 11.5 Å². The highest BCUT2D eigenvalue weighted by Gasteiger charge is 2.43. The first-order chi connectivity index (χ1) is 15.8. The number of halogens is 1. The molecule has 10 heteroatoms. The molecule has 0 aliphatic carbocycles. The Labute approximate surface area is 197 Å². The second kappa shape index (κ2) is 9.58. The van der Waals surface area contributed by atoms with E-state index in [0.29, 0.717) is 10.0 Å². The van der Waals surface area contributed by atoms with E-state index in [1.165, 1.54) is 18.2 Å². The van der Waals surface area contributed by atoms with Gasteiger partial charge in [0.15, 0.2) is 0 Å². The lowest BCUT2D eigenvalue weighted by molar-refractivity contribution is -0.139. The smallest absolute Gasteiger partial charge is 0.355 e. The summed E-state index contributed by atoms with van der Waals surface area (Å²) < 4.78 is 10.4. The number of carbonyl (C=O) groups excluding carboxylic acids is 2. The normalized spacial score (nSPS) is 15.7. The third-order valence-electron chi connectivity index (χ3n) is 5.04. The number of rotatable bonds is 5. The van der Waals surface area contributed by atoms with Gasteiger partial charge in [-0.05, 0) is 23.8 Å². The summed E-state index contributed by atoms with van der Waals surface area (Å²) in [6.45, 7) is 0. The summed E-state index contributed by atoms with van der Waals surface area (Å²) in [5, 5.41) is 19.8. The number of aromatic carboxylic acids is 1. The van der Waals surface area contributed by atoms with Gasteiger partial charge in [0.2, 0.25) is 0 Å². The number of carbonyl (C=O) groups is 3. The van der Waals surface area contributed by atoms with Crippen molar-refractivity contribution in [3.05, 3.63) is 86.8 Å². The number of nitrogens with two attached hydrogens (primary N) is 1. The zero-order valence-electron chi connectivity index (χ0n) is 17.5. The second-order valence-electron chi connectivity index (χ2n) is 6.80. The van der Waals surface area contributed by atoms with Crippen LogP contribution >= 0.6 is 15.9 Å². The fraction of sp³-hybridized carbons (Fsp3) is 0.130. The molecule has 168 valence electrons. The minimum Gasteiger partial charge on any atom is -0.478 e. The van der Waals surface area contributed by atoms with E-state index in [2.05, 4.69) is 15.9 Å². The van der Waals surface area contributed by atoms with Crippen molar-refractivity contribution in [2.75, 3.05) is 19.1 Å². The fourth-order valence-corrected chi connectivity index (χ4v) is 3.98. The van der Waals surface area contributed by atoms with E-state index >= 15 is 0 Å². The maximum Gasteiger partial charge on any atom is 0.355 e. The van der Waals surface area contributed by atoms with Crippen LogP contribution in [-0.2, 0) is 19.1 Å². The third-order valence-corrected chi connectivity index (χ3v) is 5.53. The molecule has 0 fully saturated rings. The van der Waals surface area contributed by atoms with Gasteiger partial charge in [-0.3, -0.25) is 4.90 Å². The molecule has 1 aliphatic heterocycles. The predicted molar refractivity (Wildman–Crippen MR) is 121 cm³/mol. The summed E-state index contributed by atoms with van der Waals surface area (Å²) in [6.07, 6.45) is 0. The van der Waals surface area contributed by atoms with Crippen LogP contribution in [0.5, 0.6) is 0 Å². The number of nitrogens with zero attached hydrogens (tertiary/aromatic N) is 2. The van der Waals surface area contributed by atoms with Gasteiger partial charge in [-0.2, -0.15) is 5.26 Å². The number of ether oxygens (including phenoxy) is 2. The molecule has 0 spiro atoms. The summed E-state index contributed by atoms with van der Waals surface area (Å²) in [6, 6.07) is 14.7. The fourth-order valence-electron chi connectivity index (χ4n) is 3.63. The van der Waals surface area contributed by atoms with Crippen LogP contribution in [0.1, 0.15) is 21.8 Å². The number of nitriles is 1. The Hall–Kier alpha value is -4.10. The van der Waals surface area contributed by atoms with Gasteiger partial charge in [-0.15, -0.1) is 0 Å². The number of esters is 2. The van der Waals surface area contributed by atoms with Crippen LogP contribution in [0.25, 0.3) is 0 Å². The van der Waals surface area contributed by atoms with Crippen molar-refractivity contribution in [3.8, 4) is 6.07 Å². The minimum atomic E-state index is -1.31. The molecule has 33 heavy (non-hydrogen) atoms. The van der Waals surface area contributed by atoms with Gasteiger partial charge in [-0.1, -0.05) is 46.3 Å². The summed E-state index contributed by atoms with van der Waals surface area (Å²) in [4.78, 5) is 39.0. The molecule has 0 amide bonds. The summed E-state index contributed by atoms with van der Waals surface area (Å²) in [5.41, 5.74) is 5.99. The Balaban J connectivity index is 2.49.